The Balaban J connectivity index is 1.78. The average Bonchev–Trinajstić information content (AvgIpc) is 2.83. The summed E-state index contributed by atoms with van der Waals surface area (Å²) < 4.78 is 1.81. The van der Waals surface area contributed by atoms with Gasteiger partial charge in [-0.3, -0.25) is 9.97 Å². The molecule has 0 radical (unpaired) electrons. The number of hydrogen-bond donors (Lipinski definition) is 1. The maximum Gasteiger partial charge on any atom is 0.243 e. The highest BCUT2D eigenvalue weighted by Crippen LogP contribution is 2.08. The molecule has 19 heavy (non-hydrogen) atoms. The highest BCUT2D eigenvalue weighted by molar-refractivity contribution is 5.44. The Bertz CT molecular complexity index is 701. The van der Waals surface area contributed by atoms with E-state index >= 15 is 0 Å². The van der Waals surface area contributed by atoms with Crippen molar-refractivity contribution in [3.63, 3.8) is 0 Å². The zero-order valence-corrected chi connectivity index (χ0v) is 10.8. The van der Waals surface area contributed by atoms with Crippen molar-refractivity contribution < 1.29 is 0 Å². The molecule has 0 spiro atoms. The molecule has 1 N–H and O–H groups in total. The molecular formula is C13H14N6. The zero-order valence-electron chi connectivity index (χ0n) is 10.8. The van der Waals surface area contributed by atoms with Crippen molar-refractivity contribution in [2.24, 2.45) is 0 Å². The van der Waals surface area contributed by atoms with Crippen LogP contribution in [0.5, 0.6) is 0 Å². The monoisotopic (exact) mass is 254 g/mol. The summed E-state index contributed by atoms with van der Waals surface area (Å²) in [6, 6.07) is 5.89. The average molecular weight is 254 g/mol. The molecule has 3 aromatic heterocycles. The van der Waals surface area contributed by atoms with Crippen LogP contribution in [0.3, 0.4) is 0 Å². The predicted octanol–water partition coefficient (Wildman–Crippen LogP) is 1.75. The Morgan fingerprint density at radius 3 is 2.79 bits per heavy atom. The standard InChI is InChI=1S/C13H14N6/c1-9-6-15-11(7-14-9)8-16-13-17-12-5-3-4-10(2)19(12)18-13/h3-7H,8H2,1-2H3,(H,16,18). The molecule has 96 valence electrons. The van der Waals surface area contributed by atoms with Crippen molar-refractivity contribution in [2.75, 3.05) is 5.32 Å². The van der Waals surface area contributed by atoms with Crippen molar-refractivity contribution >= 4 is 11.6 Å². The first kappa shape index (κ1) is 11.6. The van der Waals surface area contributed by atoms with Crippen molar-refractivity contribution in [3.05, 3.63) is 47.7 Å². The van der Waals surface area contributed by atoms with Gasteiger partial charge in [0.25, 0.3) is 0 Å². The summed E-state index contributed by atoms with van der Waals surface area (Å²) in [5.41, 5.74) is 3.65. The molecule has 0 saturated carbocycles. The van der Waals surface area contributed by atoms with Crippen LogP contribution in [0, 0.1) is 13.8 Å². The zero-order chi connectivity index (χ0) is 13.2. The van der Waals surface area contributed by atoms with Gasteiger partial charge in [-0.15, -0.1) is 5.10 Å². The number of nitrogens with zero attached hydrogens (tertiary/aromatic N) is 5. The molecule has 0 aliphatic carbocycles. The first-order chi connectivity index (χ1) is 9.22. The lowest BCUT2D eigenvalue weighted by atomic mass is 10.4. The Kier molecular flexibility index (Phi) is 2.83. The number of fused-ring (bicyclic) bond motifs is 1. The number of rotatable bonds is 3. The lowest BCUT2D eigenvalue weighted by Gasteiger charge is -2.00. The maximum absolute atomic E-state index is 4.40. The van der Waals surface area contributed by atoms with Crippen LogP contribution >= 0.6 is 0 Å². The molecular weight excluding hydrogens is 240 g/mol. The first-order valence-corrected chi connectivity index (χ1v) is 6.06. The third-order valence-electron chi connectivity index (χ3n) is 2.81. The van der Waals surface area contributed by atoms with Crippen molar-refractivity contribution in [1.29, 1.82) is 0 Å². The number of anilines is 1. The van der Waals surface area contributed by atoms with Gasteiger partial charge in [-0.2, -0.15) is 4.98 Å². The van der Waals surface area contributed by atoms with E-state index in [0.717, 1.165) is 22.7 Å². The maximum atomic E-state index is 4.40. The van der Waals surface area contributed by atoms with Crippen molar-refractivity contribution in [3.8, 4) is 0 Å². The Morgan fingerprint density at radius 2 is 2.05 bits per heavy atom. The molecule has 0 bridgehead atoms. The van der Waals surface area contributed by atoms with Crippen LogP contribution in [-0.2, 0) is 6.54 Å². The number of aryl methyl sites for hydroxylation is 2. The second kappa shape index (κ2) is 4.64. The molecule has 0 atom stereocenters. The Hall–Kier alpha value is -2.50. The molecule has 6 nitrogen and oxygen atoms in total. The minimum absolute atomic E-state index is 0.559. The lowest BCUT2D eigenvalue weighted by Crippen LogP contribution is -2.04. The fraction of sp³-hybridized carbons (Fsp3) is 0.231. The Labute approximate surface area is 110 Å². The van der Waals surface area contributed by atoms with Gasteiger partial charge in [0.05, 0.1) is 24.1 Å². The molecule has 0 aliphatic heterocycles. The second-order valence-electron chi connectivity index (χ2n) is 4.38. The van der Waals surface area contributed by atoms with Crippen molar-refractivity contribution in [2.45, 2.75) is 20.4 Å². The van der Waals surface area contributed by atoms with Crippen LogP contribution in [0.4, 0.5) is 5.95 Å². The third kappa shape index (κ3) is 2.37. The van der Waals surface area contributed by atoms with Crippen LogP contribution in [0.15, 0.2) is 30.6 Å². The highest BCUT2D eigenvalue weighted by Gasteiger charge is 2.04. The quantitative estimate of drug-likeness (QED) is 0.771. The molecule has 0 amide bonds. The fourth-order valence-corrected chi connectivity index (χ4v) is 1.79. The van der Waals surface area contributed by atoms with E-state index in [2.05, 4.69) is 25.4 Å². The van der Waals surface area contributed by atoms with Gasteiger partial charge in [-0.1, -0.05) is 6.07 Å². The van der Waals surface area contributed by atoms with Gasteiger partial charge in [0, 0.05) is 11.9 Å². The van der Waals surface area contributed by atoms with Gasteiger partial charge in [-0.25, -0.2) is 4.52 Å². The molecule has 0 aliphatic rings. The summed E-state index contributed by atoms with van der Waals surface area (Å²) in [5.74, 6) is 0.594. The van der Waals surface area contributed by atoms with Crippen LogP contribution in [0.2, 0.25) is 0 Å². The SMILES string of the molecule is Cc1cnc(CNc2nc3cccc(C)n3n2)cn1. The summed E-state index contributed by atoms with van der Waals surface area (Å²) >= 11 is 0. The van der Waals surface area contributed by atoms with Crippen molar-refractivity contribution in [1.82, 2.24) is 24.6 Å². The van der Waals surface area contributed by atoms with Crippen LogP contribution in [0.25, 0.3) is 5.65 Å². The normalized spacial score (nSPS) is 10.8. The highest BCUT2D eigenvalue weighted by atomic mass is 15.3. The summed E-state index contributed by atoms with van der Waals surface area (Å²) in [6.07, 6.45) is 3.50. The molecule has 0 unspecified atom stereocenters. The number of nitrogens with one attached hydrogen (secondary N) is 1. The van der Waals surface area contributed by atoms with Gasteiger partial charge in [-0.05, 0) is 26.0 Å². The largest absolute Gasteiger partial charge is 0.347 e. The van der Waals surface area contributed by atoms with E-state index < -0.39 is 0 Å². The van der Waals surface area contributed by atoms with Crippen LogP contribution in [0.1, 0.15) is 17.1 Å². The van der Waals surface area contributed by atoms with E-state index in [9.17, 15) is 0 Å². The molecule has 0 fully saturated rings. The van der Waals surface area contributed by atoms with Gasteiger partial charge in [0.2, 0.25) is 5.95 Å². The number of aromatic nitrogens is 5. The van der Waals surface area contributed by atoms with Crippen LogP contribution < -0.4 is 5.32 Å². The summed E-state index contributed by atoms with van der Waals surface area (Å²) in [5, 5.41) is 7.54. The molecule has 6 heteroatoms. The van der Waals surface area contributed by atoms with Crippen LogP contribution in [-0.4, -0.2) is 24.6 Å². The van der Waals surface area contributed by atoms with Gasteiger partial charge >= 0.3 is 0 Å². The number of pyridine rings is 1. The Morgan fingerprint density at radius 1 is 1.16 bits per heavy atom. The van der Waals surface area contributed by atoms with E-state index in [4.69, 9.17) is 0 Å². The third-order valence-corrected chi connectivity index (χ3v) is 2.81. The second-order valence-corrected chi connectivity index (χ2v) is 4.38. The van der Waals surface area contributed by atoms with E-state index in [0.29, 0.717) is 12.5 Å². The molecule has 0 saturated heterocycles. The predicted molar refractivity (Wildman–Crippen MR) is 71.8 cm³/mol. The molecule has 0 aromatic carbocycles. The summed E-state index contributed by atoms with van der Waals surface area (Å²) in [4.78, 5) is 12.9. The van der Waals surface area contributed by atoms with Gasteiger partial charge < -0.3 is 5.32 Å². The number of hydrogen-bond acceptors (Lipinski definition) is 5. The summed E-state index contributed by atoms with van der Waals surface area (Å²) in [6.45, 7) is 4.47. The molecule has 3 heterocycles. The fourth-order valence-electron chi connectivity index (χ4n) is 1.79. The van der Waals surface area contributed by atoms with E-state index in [1.807, 2.05) is 36.6 Å². The van der Waals surface area contributed by atoms with E-state index in [1.54, 1.807) is 12.4 Å². The van der Waals surface area contributed by atoms with Gasteiger partial charge in [0.1, 0.15) is 0 Å². The summed E-state index contributed by atoms with van der Waals surface area (Å²) in [7, 11) is 0. The molecule has 3 aromatic rings. The van der Waals surface area contributed by atoms with Gasteiger partial charge in [0.15, 0.2) is 5.65 Å². The minimum Gasteiger partial charge on any atom is -0.347 e. The van der Waals surface area contributed by atoms with E-state index in [1.165, 1.54) is 0 Å². The minimum atomic E-state index is 0.559. The lowest BCUT2D eigenvalue weighted by molar-refractivity contribution is 0.902. The first-order valence-electron chi connectivity index (χ1n) is 6.06. The smallest absolute Gasteiger partial charge is 0.243 e. The molecule has 3 rings (SSSR count). The van der Waals surface area contributed by atoms with E-state index in [-0.39, 0.29) is 0 Å². The topological polar surface area (TPSA) is 68.0 Å².